The van der Waals surface area contributed by atoms with Crippen molar-refractivity contribution in [2.75, 3.05) is 18.5 Å². The van der Waals surface area contributed by atoms with Gasteiger partial charge in [0, 0.05) is 12.5 Å². The molecular weight excluding hydrogens is 354 g/mol. The maximum absolute atomic E-state index is 11.7. The standard InChI is InChI=1S/C22H31N3O3/c1-15(2)11-19(18-9-7-6-8-10-18)12-23-21-24-13-20(17(5)25-21)28-22(26)27-14-16(3)4/h6-10,13,15-16,19H,11-12,14H2,1-5H3,(H,23,24,25). The Bertz CT molecular complexity index is 748. The highest BCUT2D eigenvalue weighted by Crippen LogP contribution is 2.24. The number of aryl methyl sites for hydroxylation is 1. The summed E-state index contributed by atoms with van der Waals surface area (Å²) in [5, 5.41) is 3.32. The van der Waals surface area contributed by atoms with Gasteiger partial charge in [-0.3, -0.25) is 0 Å². The summed E-state index contributed by atoms with van der Waals surface area (Å²) >= 11 is 0. The Morgan fingerprint density at radius 2 is 1.82 bits per heavy atom. The summed E-state index contributed by atoms with van der Waals surface area (Å²) in [5.41, 5.74) is 1.88. The number of carbonyl (C=O) groups is 1. The van der Waals surface area contributed by atoms with Crippen LogP contribution in [0.4, 0.5) is 10.7 Å². The zero-order valence-corrected chi connectivity index (χ0v) is 17.4. The maximum atomic E-state index is 11.7. The van der Waals surface area contributed by atoms with Crippen LogP contribution in [0.15, 0.2) is 36.5 Å². The van der Waals surface area contributed by atoms with Crippen LogP contribution in [0, 0.1) is 18.8 Å². The fraction of sp³-hybridized carbons (Fsp3) is 0.500. The molecule has 2 rings (SSSR count). The van der Waals surface area contributed by atoms with Crippen molar-refractivity contribution in [3.8, 4) is 5.75 Å². The highest BCUT2D eigenvalue weighted by molar-refractivity contribution is 5.64. The second-order valence-corrected chi connectivity index (χ2v) is 7.82. The van der Waals surface area contributed by atoms with Gasteiger partial charge in [-0.15, -0.1) is 0 Å². The van der Waals surface area contributed by atoms with Gasteiger partial charge < -0.3 is 14.8 Å². The molecule has 28 heavy (non-hydrogen) atoms. The second-order valence-electron chi connectivity index (χ2n) is 7.82. The highest BCUT2D eigenvalue weighted by atomic mass is 16.7. The molecular formula is C22H31N3O3. The van der Waals surface area contributed by atoms with Gasteiger partial charge >= 0.3 is 6.16 Å². The van der Waals surface area contributed by atoms with E-state index in [9.17, 15) is 4.79 Å². The van der Waals surface area contributed by atoms with E-state index in [2.05, 4.69) is 53.4 Å². The van der Waals surface area contributed by atoms with Crippen LogP contribution in [0.1, 0.15) is 51.3 Å². The number of anilines is 1. The van der Waals surface area contributed by atoms with E-state index >= 15 is 0 Å². The first kappa shape index (κ1) is 21.7. The molecule has 0 bridgehead atoms. The summed E-state index contributed by atoms with van der Waals surface area (Å²) in [6.45, 7) is 11.2. The van der Waals surface area contributed by atoms with Crippen LogP contribution in [-0.4, -0.2) is 29.3 Å². The van der Waals surface area contributed by atoms with E-state index in [1.807, 2.05) is 19.9 Å². The fourth-order valence-electron chi connectivity index (χ4n) is 2.84. The van der Waals surface area contributed by atoms with Gasteiger partial charge in [0.25, 0.3) is 0 Å². The first-order valence-corrected chi connectivity index (χ1v) is 9.82. The number of hydrogen-bond acceptors (Lipinski definition) is 6. The number of carbonyl (C=O) groups excluding carboxylic acids is 1. The number of aromatic nitrogens is 2. The Hall–Kier alpha value is -2.63. The Labute approximate surface area is 167 Å². The third-order valence-electron chi connectivity index (χ3n) is 4.20. The summed E-state index contributed by atoms with van der Waals surface area (Å²) in [5.74, 6) is 2.03. The molecule has 6 nitrogen and oxygen atoms in total. The molecule has 1 aromatic carbocycles. The molecule has 1 heterocycles. The molecule has 0 amide bonds. The van der Waals surface area contributed by atoms with Crippen LogP contribution in [0.3, 0.4) is 0 Å². The Kier molecular flexibility index (Phi) is 8.23. The lowest BCUT2D eigenvalue weighted by atomic mass is 9.90. The quantitative estimate of drug-likeness (QED) is 0.598. The molecule has 0 saturated heterocycles. The van der Waals surface area contributed by atoms with Crippen molar-refractivity contribution in [1.29, 1.82) is 0 Å². The lowest BCUT2D eigenvalue weighted by Gasteiger charge is -2.20. The maximum Gasteiger partial charge on any atom is 0.513 e. The first-order chi connectivity index (χ1) is 13.3. The minimum atomic E-state index is -0.734. The van der Waals surface area contributed by atoms with Gasteiger partial charge in [0.05, 0.1) is 18.5 Å². The lowest BCUT2D eigenvalue weighted by Crippen LogP contribution is -2.17. The number of nitrogens with one attached hydrogen (secondary N) is 1. The number of ether oxygens (including phenoxy) is 2. The van der Waals surface area contributed by atoms with Gasteiger partial charge in [-0.25, -0.2) is 14.8 Å². The van der Waals surface area contributed by atoms with Gasteiger partial charge in [0.2, 0.25) is 5.95 Å². The van der Waals surface area contributed by atoms with Gasteiger partial charge in [-0.2, -0.15) is 0 Å². The summed E-state index contributed by atoms with van der Waals surface area (Å²) in [4.78, 5) is 20.4. The van der Waals surface area contributed by atoms with E-state index in [0.717, 1.165) is 13.0 Å². The van der Waals surface area contributed by atoms with Crippen molar-refractivity contribution >= 4 is 12.1 Å². The summed E-state index contributed by atoms with van der Waals surface area (Å²) < 4.78 is 10.2. The minimum absolute atomic E-state index is 0.250. The van der Waals surface area contributed by atoms with Gasteiger partial charge in [0.15, 0.2) is 5.75 Å². The van der Waals surface area contributed by atoms with E-state index in [4.69, 9.17) is 9.47 Å². The largest absolute Gasteiger partial charge is 0.513 e. The Morgan fingerprint density at radius 1 is 1.11 bits per heavy atom. The van der Waals surface area contributed by atoms with E-state index in [1.165, 1.54) is 11.8 Å². The van der Waals surface area contributed by atoms with Gasteiger partial charge in [0.1, 0.15) is 0 Å². The van der Waals surface area contributed by atoms with Crippen LogP contribution in [0.25, 0.3) is 0 Å². The Balaban J connectivity index is 1.98. The topological polar surface area (TPSA) is 73.3 Å². The van der Waals surface area contributed by atoms with Crippen LogP contribution >= 0.6 is 0 Å². The van der Waals surface area contributed by atoms with Crippen LogP contribution in [0.5, 0.6) is 5.75 Å². The summed E-state index contributed by atoms with van der Waals surface area (Å²) in [6.07, 6.45) is 1.84. The molecule has 6 heteroatoms. The molecule has 1 unspecified atom stereocenters. The SMILES string of the molecule is Cc1nc(NCC(CC(C)C)c2ccccc2)ncc1OC(=O)OCC(C)C. The molecule has 152 valence electrons. The smallest absolute Gasteiger partial charge is 0.434 e. The third-order valence-corrected chi connectivity index (χ3v) is 4.20. The average molecular weight is 386 g/mol. The molecule has 0 aliphatic rings. The van der Waals surface area contributed by atoms with Crippen molar-refractivity contribution < 1.29 is 14.3 Å². The second kappa shape index (κ2) is 10.6. The lowest BCUT2D eigenvalue weighted by molar-refractivity contribution is 0.0880. The van der Waals surface area contributed by atoms with Crippen LogP contribution in [0.2, 0.25) is 0 Å². The zero-order chi connectivity index (χ0) is 20.5. The van der Waals surface area contributed by atoms with E-state index in [0.29, 0.717) is 35.8 Å². The van der Waals surface area contributed by atoms with Crippen molar-refractivity contribution in [3.63, 3.8) is 0 Å². The van der Waals surface area contributed by atoms with Crippen molar-refractivity contribution in [2.45, 2.75) is 47.0 Å². The molecule has 0 spiro atoms. The first-order valence-electron chi connectivity index (χ1n) is 9.82. The van der Waals surface area contributed by atoms with E-state index in [-0.39, 0.29) is 5.92 Å². The molecule has 0 saturated carbocycles. The van der Waals surface area contributed by atoms with Crippen molar-refractivity contribution in [1.82, 2.24) is 9.97 Å². The van der Waals surface area contributed by atoms with Gasteiger partial charge in [-0.05, 0) is 30.7 Å². The zero-order valence-electron chi connectivity index (χ0n) is 17.4. The normalized spacial score (nSPS) is 12.1. The fourth-order valence-corrected chi connectivity index (χ4v) is 2.84. The Morgan fingerprint density at radius 3 is 2.43 bits per heavy atom. The highest BCUT2D eigenvalue weighted by Gasteiger charge is 2.15. The molecule has 2 aromatic rings. The third kappa shape index (κ3) is 7.18. The number of benzene rings is 1. The average Bonchev–Trinajstić information content (AvgIpc) is 2.66. The molecule has 0 aliphatic carbocycles. The molecule has 0 radical (unpaired) electrons. The van der Waals surface area contributed by atoms with E-state index in [1.54, 1.807) is 6.92 Å². The molecule has 1 N–H and O–H groups in total. The van der Waals surface area contributed by atoms with Crippen LogP contribution in [-0.2, 0) is 4.74 Å². The minimum Gasteiger partial charge on any atom is -0.434 e. The molecule has 0 fully saturated rings. The number of hydrogen-bond donors (Lipinski definition) is 1. The molecule has 1 aromatic heterocycles. The number of rotatable bonds is 9. The molecule has 0 aliphatic heterocycles. The molecule has 1 atom stereocenters. The number of nitrogens with zero attached hydrogens (tertiary/aromatic N) is 2. The van der Waals surface area contributed by atoms with Crippen molar-refractivity contribution in [3.05, 3.63) is 47.8 Å². The predicted molar refractivity (Wildman–Crippen MR) is 111 cm³/mol. The monoisotopic (exact) mass is 385 g/mol. The van der Waals surface area contributed by atoms with Crippen molar-refractivity contribution in [2.24, 2.45) is 11.8 Å². The predicted octanol–water partition coefficient (Wildman–Crippen LogP) is 5.20. The van der Waals surface area contributed by atoms with Crippen LogP contribution < -0.4 is 10.1 Å². The summed E-state index contributed by atoms with van der Waals surface area (Å²) in [6, 6.07) is 10.5. The van der Waals surface area contributed by atoms with E-state index < -0.39 is 6.16 Å². The van der Waals surface area contributed by atoms with Gasteiger partial charge in [-0.1, -0.05) is 58.0 Å². The summed E-state index contributed by atoms with van der Waals surface area (Å²) in [7, 11) is 0.